The second kappa shape index (κ2) is 11.1. The Kier molecular flexibility index (Phi) is 7.94. The maximum absolute atomic E-state index is 14.8. The van der Waals surface area contributed by atoms with Gasteiger partial charge in [-0.05, 0) is 85.6 Å². The highest BCUT2D eigenvalue weighted by Gasteiger charge is 2.25. The van der Waals surface area contributed by atoms with Crippen LogP contribution in [0.25, 0.3) is 11.1 Å². The number of ether oxygens (including phenoxy) is 1. The molecule has 0 aliphatic heterocycles. The van der Waals surface area contributed by atoms with E-state index >= 15 is 0 Å². The lowest BCUT2D eigenvalue weighted by molar-refractivity contribution is 0.282. The molecule has 1 fully saturated rings. The molecule has 0 unspecified atom stereocenters. The van der Waals surface area contributed by atoms with Crippen LogP contribution < -0.4 is 4.74 Å². The third kappa shape index (κ3) is 5.47. The molecule has 1 aliphatic rings. The highest BCUT2D eigenvalue weighted by Crippen LogP contribution is 2.39. The highest BCUT2D eigenvalue weighted by atomic mass is 19.2. The highest BCUT2D eigenvalue weighted by molar-refractivity contribution is 5.65. The number of hydrogen-bond donors (Lipinski definition) is 1. The summed E-state index contributed by atoms with van der Waals surface area (Å²) in [6, 6.07) is 15.2. The SMILES string of the molecule is CCOc1ccc(C2CCC(CCc3ccc(-c4ccc(CO)cc4)c(F)c3F)CC2)c(F)c1. The number of aliphatic hydroxyl groups is 1. The topological polar surface area (TPSA) is 29.5 Å². The van der Waals surface area contributed by atoms with E-state index in [2.05, 4.69) is 0 Å². The molecule has 0 atom stereocenters. The molecule has 3 aromatic rings. The molecule has 0 aromatic heterocycles. The lowest BCUT2D eigenvalue weighted by Gasteiger charge is -2.29. The Bertz CT molecular complexity index is 1100. The van der Waals surface area contributed by atoms with E-state index in [-0.39, 0.29) is 23.9 Å². The van der Waals surface area contributed by atoms with Crippen LogP contribution in [-0.2, 0) is 13.0 Å². The minimum atomic E-state index is -0.830. The molecule has 1 N–H and O–H groups in total. The van der Waals surface area contributed by atoms with Gasteiger partial charge in [-0.25, -0.2) is 13.2 Å². The van der Waals surface area contributed by atoms with E-state index in [1.807, 2.05) is 19.1 Å². The Labute approximate surface area is 199 Å². The van der Waals surface area contributed by atoms with Gasteiger partial charge in [0, 0.05) is 11.6 Å². The summed E-state index contributed by atoms with van der Waals surface area (Å²) in [5.41, 5.74) is 2.68. The molecular weight excluding hydrogens is 437 g/mol. The molecule has 0 heterocycles. The number of halogens is 3. The van der Waals surface area contributed by atoms with Gasteiger partial charge in [0.1, 0.15) is 11.6 Å². The van der Waals surface area contributed by atoms with Crippen molar-refractivity contribution in [3.05, 3.63) is 88.7 Å². The van der Waals surface area contributed by atoms with Gasteiger partial charge in [-0.2, -0.15) is 0 Å². The average Bonchev–Trinajstić information content (AvgIpc) is 2.86. The molecule has 0 bridgehead atoms. The van der Waals surface area contributed by atoms with E-state index in [4.69, 9.17) is 9.84 Å². The molecule has 0 spiro atoms. The largest absolute Gasteiger partial charge is 0.494 e. The minimum Gasteiger partial charge on any atom is -0.494 e. The second-order valence-corrected chi connectivity index (χ2v) is 9.13. The van der Waals surface area contributed by atoms with Crippen LogP contribution in [0.4, 0.5) is 13.2 Å². The van der Waals surface area contributed by atoms with Gasteiger partial charge in [0.15, 0.2) is 11.6 Å². The summed E-state index contributed by atoms with van der Waals surface area (Å²) in [7, 11) is 0. The van der Waals surface area contributed by atoms with Crippen molar-refractivity contribution in [2.24, 2.45) is 5.92 Å². The Morgan fingerprint density at radius 3 is 2.26 bits per heavy atom. The zero-order valence-electron chi connectivity index (χ0n) is 19.5. The lowest BCUT2D eigenvalue weighted by atomic mass is 9.76. The van der Waals surface area contributed by atoms with Crippen molar-refractivity contribution < 1.29 is 23.0 Å². The summed E-state index contributed by atoms with van der Waals surface area (Å²) >= 11 is 0. The summed E-state index contributed by atoms with van der Waals surface area (Å²) in [5.74, 6) is -0.650. The van der Waals surface area contributed by atoms with Gasteiger partial charge in [-0.1, -0.05) is 42.5 Å². The molecule has 180 valence electrons. The summed E-state index contributed by atoms with van der Waals surface area (Å²) in [4.78, 5) is 0. The van der Waals surface area contributed by atoms with E-state index in [1.165, 1.54) is 6.07 Å². The van der Waals surface area contributed by atoms with Gasteiger partial charge in [0.2, 0.25) is 0 Å². The predicted octanol–water partition coefficient (Wildman–Crippen LogP) is 7.57. The third-order valence-electron chi connectivity index (χ3n) is 7.00. The summed E-state index contributed by atoms with van der Waals surface area (Å²) in [6.45, 7) is 2.29. The van der Waals surface area contributed by atoms with Crippen LogP contribution in [0.3, 0.4) is 0 Å². The number of aryl methyl sites for hydroxylation is 1. The zero-order chi connectivity index (χ0) is 24.1. The monoisotopic (exact) mass is 468 g/mol. The minimum absolute atomic E-state index is 0.0902. The first-order valence-electron chi connectivity index (χ1n) is 12.1. The molecule has 1 saturated carbocycles. The number of benzene rings is 3. The first-order valence-corrected chi connectivity index (χ1v) is 12.1. The Morgan fingerprint density at radius 1 is 0.882 bits per heavy atom. The molecule has 5 heteroatoms. The zero-order valence-corrected chi connectivity index (χ0v) is 19.5. The standard InChI is InChI=1S/C29H31F3O2/c1-2-34-24-14-16-25(27(30)17-24)21-8-3-19(4-9-21)5-12-23-13-15-26(29(32)28(23)31)22-10-6-20(18-33)7-11-22/h6-7,10-11,13-17,19,21,33H,2-5,8-9,12,18H2,1H3. The molecule has 0 amide bonds. The molecule has 34 heavy (non-hydrogen) atoms. The van der Waals surface area contributed by atoms with Crippen LogP contribution in [0.5, 0.6) is 5.75 Å². The van der Waals surface area contributed by atoms with Gasteiger partial charge >= 0.3 is 0 Å². The van der Waals surface area contributed by atoms with E-state index in [9.17, 15) is 13.2 Å². The fraction of sp³-hybridized carbons (Fsp3) is 0.379. The Balaban J connectivity index is 1.34. The summed E-state index contributed by atoms with van der Waals surface area (Å²) in [6.07, 6.45) is 4.98. The van der Waals surface area contributed by atoms with E-state index in [0.29, 0.717) is 35.8 Å². The van der Waals surface area contributed by atoms with E-state index < -0.39 is 11.6 Å². The maximum Gasteiger partial charge on any atom is 0.166 e. The van der Waals surface area contributed by atoms with Crippen LogP contribution >= 0.6 is 0 Å². The van der Waals surface area contributed by atoms with Gasteiger partial charge in [0.25, 0.3) is 0 Å². The second-order valence-electron chi connectivity index (χ2n) is 9.13. The normalized spacial score (nSPS) is 18.1. The molecule has 4 rings (SSSR count). The van der Waals surface area contributed by atoms with Gasteiger partial charge in [-0.3, -0.25) is 0 Å². The van der Waals surface area contributed by atoms with Crippen molar-refractivity contribution >= 4 is 0 Å². The van der Waals surface area contributed by atoms with Gasteiger partial charge in [0.05, 0.1) is 13.2 Å². The van der Waals surface area contributed by atoms with Gasteiger partial charge < -0.3 is 9.84 Å². The molecular formula is C29H31F3O2. The van der Waals surface area contributed by atoms with Crippen molar-refractivity contribution in [1.82, 2.24) is 0 Å². The first kappa shape index (κ1) is 24.3. The summed E-state index contributed by atoms with van der Waals surface area (Å²) in [5, 5.41) is 9.16. The van der Waals surface area contributed by atoms with Crippen molar-refractivity contribution in [1.29, 1.82) is 0 Å². The van der Waals surface area contributed by atoms with E-state index in [0.717, 1.165) is 43.2 Å². The first-order chi connectivity index (χ1) is 16.5. The maximum atomic E-state index is 14.8. The molecule has 0 saturated heterocycles. The predicted molar refractivity (Wildman–Crippen MR) is 128 cm³/mol. The van der Waals surface area contributed by atoms with Crippen LogP contribution in [0.1, 0.15) is 61.6 Å². The average molecular weight is 469 g/mol. The van der Waals surface area contributed by atoms with Crippen LogP contribution in [-0.4, -0.2) is 11.7 Å². The van der Waals surface area contributed by atoms with Crippen LogP contribution in [0.2, 0.25) is 0 Å². The number of aliphatic hydroxyl groups excluding tert-OH is 1. The van der Waals surface area contributed by atoms with Crippen molar-refractivity contribution in [2.45, 2.75) is 58.0 Å². The Morgan fingerprint density at radius 2 is 1.62 bits per heavy atom. The van der Waals surface area contributed by atoms with Crippen molar-refractivity contribution in [3.63, 3.8) is 0 Å². The molecule has 0 radical (unpaired) electrons. The number of hydrogen-bond acceptors (Lipinski definition) is 2. The molecule has 2 nitrogen and oxygen atoms in total. The quantitative estimate of drug-likeness (QED) is 0.369. The van der Waals surface area contributed by atoms with Crippen LogP contribution in [0, 0.1) is 23.4 Å². The van der Waals surface area contributed by atoms with Crippen molar-refractivity contribution in [3.8, 4) is 16.9 Å². The fourth-order valence-corrected chi connectivity index (χ4v) is 5.01. The summed E-state index contributed by atoms with van der Waals surface area (Å²) < 4.78 is 49.5. The number of rotatable bonds is 8. The van der Waals surface area contributed by atoms with Crippen LogP contribution in [0.15, 0.2) is 54.6 Å². The molecule has 1 aliphatic carbocycles. The third-order valence-corrected chi connectivity index (χ3v) is 7.00. The van der Waals surface area contributed by atoms with E-state index in [1.54, 1.807) is 36.4 Å². The van der Waals surface area contributed by atoms with Gasteiger partial charge in [-0.15, -0.1) is 0 Å². The molecule has 3 aromatic carbocycles. The fourth-order valence-electron chi connectivity index (χ4n) is 5.01. The van der Waals surface area contributed by atoms with Crippen molar-refractivity contribution in [2.75, 3.05) is 6.61 Å². The Hall–Kier alpha value is -2.79. The smallest absolute Gasteiger partial charge is 0.166 e. The lowest BCUT2D eigenvalue weighted by Crippen LogP contribution is -2.15.